The summed E-state index contributed by atoms with van der Waals surface area (Å²) in [5, 5.41) is 0. The Morgan fingerprint density at radius 3 is 2.74 bits per heavy atom. The summed E-state index contributed by atoms with van der Waals surface area (Å²) >= 11 is 0. The van der Waals surface area contributed by atoms with E-state index in [4.69, 9.17) is 5.73 Å². The van der Waals surface area contributed by atoms with Crippen LogP contribution in [0.25, 0.3) is 0 Å². The number of carbonyl (C=O) groups is 1. The van der Waals surface area contributed by atoms with Gasteiger partial charge in [-0.3, -0.25) is 4.79 Å². The topological polar surface area (TPSA) is 46.3 Å². The van der Waals surface area contributed by atoms with Crippen LogP contribution < -0.4 is 5.73 Å². The van der Waals surface area contributed by atoms with E-state index in [1.807, 2.05) is 11.0 Å². The number of carbonyl (C=O) groups excluding carboxylic acids is 1. The molecular weight excluding hydrogens is 315 g/mol. The monoisotopic (exact) mass is 342 g/mol. The van der Waals surface area contributed by atoms with Crippen LogP contribution >= 0.6 is 12.4 Å². The highest BCUT2D eigenvalue weighted by Crippen LogP contribution is 2.27. The van der Waals surface area contributed by atoms with Crippen molar-refractivity contribution in [2.75, 3.05) is 13.1 Å². The lowest BCUT2D eigenvalue weighted by molar-refractivity contribution is -0.132. The molecule has 0 bridgehead atoms. The van der Waals surface area contributed by atoms with Crippen LogP contribution in [-0.4, -0.2) is 29.9 Å². The minimum absolute atomic E-state index is 0. The van der Waals surface area contributed by atoms with Crippen molar-refractivity contribution in [1.29, 1.82) is 0 Å². The molecule has 0 aliphatic heterocycles. The molecule has 1 aromatic carbocycles. The average molecular weight is 343 g/mol. The van der Waals surface area contributed by atoms with Gasteiger partial charge >= 0.3 is 0 Å². The van der Waals surface area contributed by atoms with Gasteiger partial charge in [-0.05, 0) is 49.3 Å². The Hall–Kier alpha value is -1.13. The molecule has 0 spiro atoms. The van der Waals surface area contributed by atoms with Crippen LogP contribution in [0.15, 0.2) is 24.3 Å². The van der Waals surface area contributed by atoms with E-state index in [0.29, 0.717) is 25.3 Å². The molecule has 3 nitrogen and oxygen atoms in total. The smallest absolute Gasteiger partial charge is 0.222 e. The van der Waals surface area contributed by atoms with E-state index >= 15 is 0 Å². The maximum Gasteiger partial charge on any atom is 0.222 e. The van der Waals surface area contributed by atoms with Crippen molar-refractivity contribution in [1.82, 2.24) is 4.90 Å². The predicted octanol–water partition coefficient (Wildman–Crippen LogP) is 3.55. The summed E-state index contributed by atoms with van der Waals surface area (Å²) in [5.41, 5.74) is 7.01. The molecule has 2 N–H and O–H groups in total. The van der Waals surface area contributed by atoms with Crippen LogP contribution in [0.4, 0.5) is 4.39 Å². The highest BCUT2D eigenvalue weighted by Gasteiger charge is 2.27. The first-order chi connectivity index (χ1) is 10.6. The van der Waals surface area contributed by atoms with Gasteiger partial charge in [-0.2, -0.15) is 0 Å². The van der Waals surface area contributed by atoms with Crippen LogP contribution in [0.2, 0.25) is 0 Å². The Morgan fingerprint density at radius 1 is 1.35 bits per heavy atom. The van der Waals surface area contributed by atoms with E-state index in [1.165, 1.54) is 6.07 Å². The van der Waals surface area contributed by atoms with Crippen molar-refractivity contribution in [3.8, 4) is 0 Å². The third-order valence-corrected chi connectivity index (χ3v) is 4.56. The van der Waals surface area contributed by atoms with Gasteiger partial charge in [0, 0.05) is 25.6 Å². The molecule has 1 fully saturated rings. The summed E-state index contributed by atoms with van der Waals surface area (Å²) in [5.74, 6) is 0.310. The van der Waals surface area contributed by atoms with Gasteiger partial charge in [0.2, 0.25) is 5.91 Å². The number of nitrogens with zero attached hydrogens (tertiary/aromatic N) is 1. The summed E-state index contributed by atoms with van der Waals surface area (Å²) in [6, 6.07) is 6.79. The van der Waals surface area contributed by atoms with Crippen molar-refractivity contribution in [2.45, 2.75) is 51.5 Å². The number of amides is 1. The van der Waals surface area contributed by atoms with Crippen LogP contribution in [0, 0.1) is 11.7 Å². The first-order valence-electron chi connectivity index (χ1n) is 8.38. The molecule has 130 valence electrons. The third kappa shape index (κ3) is 6.11. The number of rotatable bonds is 7. The highest BCUT2D eigenvalue weighted by molar-refractivity contribution is 5.85. The Bertz CT molecular complexity index is 498. The van der Waals surface area contributed by atoms with E-state index in [1.54, 1.807) is 12.1 Å². The van der Waals surface area contributed by atoms with Gasteiger partial charge in [-0.15, -0.1) is 12.4 Å². The normalized spacial score (nSPS) is 20.1. The van der Waals surface area contributed by atoms with Crippen molar-refractivity contribution in [3.63, 3.8) is 0 Å². The Kier molecular flexibility index (Phi) is 8.56. The minimum Gasteiger partial charge on any atom is -0.342 e. The van der Waals surface area contributed by atoms with Gasteiger partial charge in [-0.1, -0.05) is 25.5 Å². The van der Waals surface area contributed by atoms with Gasteiger partial charge in [-0.25, -0.2) is 4.39 Å². The molecular formula is C18H28ClFN2O. The van der Waals surface area contributed by atoms with Gasteiger partial charge in [0.05, 0.1) is 0 Å². The molecule has 0 aromatic heterocycles. The summed E-state index contributed by atoms with van der Waals surface area (Å²) in [6.07, 6.45) is 5.43. The second-order valence-electron chi connectivity index (χ2n) is 6.32. The molecule has 1 aliphatic rings. The maximum atomic E-state index is 13.2. The number of halogens is 2. The number of benzene rings is 1. The molecule has 1 saturated carbocycles. The van der Waals surface area contributed by atoms with Crippen LogP contribution in [0.5, 0.6) is 0 Å². The molecule has 1 aliphatic carbocycles. The van der Waals surface area contributed by atoms with E-state index in [0.717, 1.165) is 37.8 Å². The van der Waals surface area contributed by atoms with Crippen LogP contribution in [0.3, 0.4) is 0 Å². The molecule has 23 heavy (non-hydrogen) atoms. The zero-order chi connectivity index (χ0) is 15.9. The summed E-state index contributed by atoms with van der Waals surface area (Å²) in [7, 11) is 0. The third-order valence-electron chi connectivity index (χ3n) is 4.56. The molecule has 0 saturated heterocycles. The average Bonchev–Trinajstić information content (AvgIpc) is 2.88. The van der Waals surface area contributed by atoms with E-state index in [-0.39, 0.29) is 30.2 Å². The standard InChI is InChI=1S/C18H27FN2O.ClH/c1-2-10-21(11-9-14-5-3-7-16(19)12-14)18(22)13-15-6-4-8-17(15)20;/h3,5,7,12,15,17H,2,4,6,8-11,13,20H2,1H3;1H/t15-,17+;/m0./s1. The molecule has 2 atom stereocenters. The molecule has 2 rings (SSSR count). The van der Waals surface area contributed by atoms with Crippen molar-refractivity contribution >= 4 is 18.3 Å². The fourth-order valence-corrected chi connectivity index (χ4v) is 3.26. The SMILES string of the molecule is CCCN(CCc1cccc(F)c1)C(=O)C[C@@H]1CCC[C@H]1N.Cl. The molecule has 0 radical (unpaired) electrons. The lowest BCUT2D eigenvalue weighted by atomic mass is 9.99. The molecule has 0 heterocycles. The van der Waals surface area contributed by atoms with Crippen LogP contribution in [0.1, 0.15) is 44.6 Å². The number of nitrogens with two attached hydrogens (primary N) is 1. The lowest BCUT2D eigenvalue weighted by Gasteiger charge is -2.25. The fraction of sp³-hybridized carbons (Fsp3) is 0.611. The Balaban J connectivity index is 0.00000264. The van der Waals surface area contributed by atoms with Gasteiger partial charge in [0.15, 0.2) is 0 Å². The zero-order valence-corrected chi connectivity index (χ0v) is 14.7. The molecule has 1 aromatic rings. The first kappa shape index (κ1) is 19.9. The maximum absolute atomic E-state index is 13.2. The second kappa shape index (κ2) is 9.89. The van der Waals surface area contributed by atoms with Crippen molar-refractivity contribution in [3.05, 3.63) is 35.6 Å². The zero-order valence-electron chi connectivity index (χ0n) is 13.8. The Morgan fingerprint density at radius 2 is 2.13 bits per heavy atom. The Labute approximate surface area is 144 Å². The van der Waals surface area contributed by atoms with Gasteiger partial charge < -0.3 is 10.6 Å². The van der Waals surface area contributed by atoms with Crippen molar-refractivity contribution in [2.24, 2.45) is 11.7 Å². The minimum atomic E-state index is -0.220. The fourth-order valence-electron chi connectivity index (χ4n) is 3.26. The van der Waals surface area contributed by atoms with Gasteiger partial charge in [0.1, 0.15) is 5.82 Å². The van der Waals surface area contributed by atoms with Crippen LogP contribution in [-0.2, 0) is 11.2 Å². The van der Waals surface area contributed by atoms with Crippen molar-refractivity contribution < 1.29 is 9.18 Å². The van der Waals surface area contributed by atoms with Gasteiger partial charge in [0.25, 0.3) is 0 Å². The van der Waals surface area contributed by atoms with E-state index < -0.39 is 0 Å². The number of hydrogen-bond donors (Lipinski definition) is 1. The second-order valence-corrected chi connectivity index (χ2v) is 6.32. The predicted molar refractivity (Wildman–Crippen MR) is 94.2 cm³/mol. The molecule has 1 amide bonds. The van der Waals surface area contributed by atoms with E-state index in [2.05, 4.69) is 6.92 Å². The summed E-state index contributed by atoms with van der Waals surface area (Å²) < 4.78 is 13.2. The highest BCUT2D eigenvalue weighted by atomic mass is 35.5. The van der Waals surface area contributed by atoms with E-state index in [9.17, 15) is 9.18 Å². The lowest BCUT2D eigenvalue weighted by Crippen LogP contribution is -2.37. The molecule has 5 heteroatoms. The first-order valence-corrected chi connectivity index (χ1v) is 8.38. The number of hydrogen-bond acceptors (Lipinski definition) is 2. The quantitative estimate of drug-likeness (QED) is 0.823. The molecule has 0 unspecified atom stereocenters. The summed E-state index contributed by atoms with van der Waals surface area (Å²) in [4.78, 5) is 14.4. The summed E-state index contributed by atoms with van der Waals surface area (Å²) in [6.45, 7) is 3.48. The largest absolute Gasteiger partial charge is 0.342 e.